The van der Waals surface area contributed by atoms with Crippen molar-refractivity contribution in [2.75, 3.05) is 19.7 Å². The van der Waals surface area contributed by atoms with E-state index in [2.05, 4.69) is 0 Å². The van der Waals surface area contributed by atoms with Crippen LogP contribution >= 0.6 is 0 Å². The fraction of sp³-hybridized carbons (Fsp3) is 0.909. The summed E-state index contributed by atoms with van der Waals surface area (Å²) in [6.45, 7) is 7.25. The fourth-order valence-corrected chi connectivity index (χ4v) is 1.41. The third-order valence-electron chi connectivity index (χ3n) is 2.43. The summed E-state index contributed by atoms with van der Waals surface area (Å²) in [6, 6.07) is 0.189. The first kappa shape index (κ1) is 14.4. The fourth-order valence-electron chi connectivity index (χ4n) is 1.41. The molecule has 0 aliphatic heterocycles. The van der Waals surface area contributed by atoms with Gasteiger partial charge >= 0.3 is 0 Å². The molecule has 0 aliphatic carbocycles. The number of carbonyl (C=O) groups is 1. The van der Waals surface area contributed by atoms with Gasteiger partial charge in [0.2, 0.25) is 5.91 Å². The predicted octanol–water partition coefficient (Wildman–Crippen LogP) is 0.591. The molecule has 1 atom stereocenters. The molecule has 0 heterocycles. The first-order valence-electron chi connectivity index (χ1n) is 5.63. The molecule has 1 unspecified atom stereocenters. The van der Waals surface area contributed by atoms with E-state index in [0.717, 1.165) is 0 Å². The van der Waals surface area contributed by atoms with Gasteiger partial charge in [0.1, 0.15) is 0 Å². The highest BCUT2D eigenvalue weighted by Crippen LogP contribution is 2.08. The molecule has 90 valence electrons. The number of aliphatic hydroxyl groups excluding tert-OH is 1. The van der Waals surface area contributed by atoms with Crippen molar-refractivity contribution >= 4 is 5.91 Å². The Balaban J connectivity index is 4.16. The summed E-state index contributed by atoms with van der Waals surface area (Å²) in [7, 11) is 0. The van der Waals surface area contributed by atoms with Gasteiger partial charge in [-0.05, 0) is 32.7 Å². The molecule has 4 nitrogen and oxygen atoms in total. The van der Waals surface area contributed by atoms with Crippen LogP contribution in [0.25, 0.3) is 0 Å². The number of amides is 1. The van der Waals surface area contributed by atoms with Gasteiger partial charge in [0.05, 0.1) is 0 Å². The average molecular weight is 216 g/mol. The lowest BCUT2D eigenvalue weighted by Gasteiger charge is -2.27. The molecule has 0 aromatic carbocycles. The monoisotopic (exact) mass is 216 g/mol. The van der Waals surface area contributed by atoms with E-state index in [1.165, 1.54) is 0 Å². The van der Waals surface area contributed by atoms with Gasteiger partial charge in [0, 0.05) is 25.6 Å². The first-order valence-corrected chi connectivity index (χ1v) is 5.63. The second-order valence-corrected chi connectivity index (χ2v) is 4.30. The first-order chi connectivity index (χ1) is 7.02. The molecule has 0 aromatic heterocycles. The van der Waals surface area contributed by atoms with Gasteiger partial charge < -0.3 is 15.7 Å². The van der Waals surface area contributed by atoms with Crippen molar-refractivity contribution in [3.8, 4) is 0 Å². The summed E-state index contributed by atoms with van der Waals surface area (Å²) >= 11 is 0. The van der Waals surface area contributed by atoms with E-state index in [-0.39, 0.29) is 24.5 Å². The van der Waals surface area contributed by atoms with Crippen LogP contribution in [0, 0.1) is 5.92 Å². The molecule has 0 spiro atoms. The van der Waals surface area contributed by atoms with Crippen LogP contribution in [0.15, 0.2) is 0 Å². The molecule has 0 fully saturated rings. The highest BCUT2D eigenvalue weighted by atomic mass is 16.3. The number of hydrogen-bond donors (Lipinski definition) is 2. The third kappa shape index (κ3) is 5.74. The molecule has 15 heavy (non-hydrogen) atoms. The second-order valence-electron chi connectivity index (χ2n) is 4.30. The average Bonchev–Trinajstić information content (AvgIpc) is 2.17. The minimum absolute atomic E-state index is 0.128. The van der Waals surface area contributed by atoms with Crippen LogP contribution in [0.3, 0.4) is 0 Å². The summed E-state index contributed by atoms with van der Waals surface area (Å²) in [5, 5.41) is 8.75. The number of carbonyl (C=O) groups excluding carboxylic acids is 1. The van der Waals surface area contributed by atoms with Crippen molar-refractivity contribution in [1.82, 2.24) is 4.90 Å². The van der Waals surface area contributed by atoms with Crippen molar-refractivity contribution in [2.45, 2.75) is 39.7 Å². The van der Waals surface area contributed by atoms with E-state index in [4.69, 9.17) is 10.8 Å². The van der Waals surface area contributed by atoms with Gasteiger partial charge in [-0.15, -0.1) is 0 Å². The molecule has 4 heteroatoms. The molecule has 0 rings (SSSR count). The van der Waals surface area contributed by atoms with E-state index in [1.807, 2.05) is 25.7 Å². The number of aliphatic hydroxyl groups is 1. The molecular formula is C11H24N2O2. The topological polar surface area (TPSA) is 66.6 Å². The van der Waals surface area contributed by atoms with E-state index in [0.29, 0.717) is 25.9 Å². The van der Waals surface area contributed by atoms with E-state index < -0.39 is 0 Å². The summed E-state index contributed by atoms with van der Waals surface area (Å²) in [5.74, 6) is 0.365. The molecule has 0 aliphatic rings. The summed E-state index contributed by atoms with van der Waals surface area (Å²) in [4.78, 5) is 13.7. The van der Waals surface area contributed by atoms with Crippen LogP contribution in [0.4, 0.5) is 0 Å². The smallest absolute Gasteiger partial charge is 0.223 e. The summed E-state index contributed by atoms with van der Waals surface area (Å²) in [6.07, 6.45) is 1.14. The Labute approximate surface area is 92.4 Å². The Bertz CT molecular complexity index is 183. The van der Waals surface area contributed by atoms with Crippen LogP contribution in [-0.2, 0) is 4.79 Å². The van der Waals surface area contributed by atoms with Crippen LogP contribution in [0.5, 0.6) is 0 Å². The van der Waals surface area contributed by atoms with Gasteiger partial charge in [-0.3, -0.25) is 4.79 Å². The van der Waals surface area contributed by atoms with E-state index in [1.54, 1.807) is 0 Å². The van der Waals surface area contributed by atoms with Crippen molar-refractivity contribution in [2.24, 2.45) is 11.7 Å². The van der Waals surface area contributed by atoms with Crippen LogP contribution < -0.4 is 5.73 Å². The molecule has 0 saturated heterocycles. The standard InChI is InChI=1S/C11H24N2O2/c1-9(2)13(5-4-6-14)11(15)7-10(3)8-12/h9-10,14H,4-8,12H2,1-3H3. The Hall–Kier alpha value is -0.610. The number of rotatable bonds is 7. The van der Waals surface area contributed by atoms with Crippen molar-refractivity contribution in [1.29, 1.82) is 0 Å². The van der Waals surface area contributed by atoms with Gasteiger partial charge in [-0.2, -0.15) is 0 Å². The Kier molecular flexibility index (Phi) is 7.34. The predicted molar refractivity (Wildman–Crippen MR) is 61.4 cm³/mol. The summed E-state index contributed by atoms with van der Waals surface area (Å²) in [5.41, 5.74) is 5.49. The Morgan fingerprint density at radius 3 is 2.40 bits per heavy atom. The maximum atomic E-state index is 11.8. The van der Waals surface area contributed by atoms with Crippen molar-refractivity contribution in [3.63, 3.8) is 0 Å². The van der Waals surface area contributed by atoms with Crippen LogP contribution in [-0.4, -0.2) is 41.7 Å². The van der Waals surface area contributed by atoms with Crippen molar-refractivity contribution < 1.29 is 9.90 Å². The van der Waals surface area contributed by atoms with E-state index >= 15 is 0 Å². The van der Waals surface area contributed by atoms with Crippen LogP contribution in [0.2, 0.25) is 0 Å². The van der Waals surface area contributed by atoms with Gasteiger partial charge in [-0.1, -0.05) is 6.92 Å². The number of nitrogens with two attached hydrogens (primary N) is 1. The molecule has 3 N–H and O–H groups in total. The minimum atomic E-state index is 0.128. The lowest BCUT2D eigenvalue weighted by Crippen LogP contribution is -2.39. The number of hydrogen-bond acceptors (Lipinski definition) is 3. The zero-order chi connectivity index (χ0) is 11.8. The van der Waals surface area contributed by atoms with Gasteiger partial charge in [0.25, 0.3) is 0 Å². The minimum Gasteiger partial charge on any atom is -0.396 e. The number of nitrogens with zero attached hydrogens (tertiary/aromatic N) is 1. The SMILES string of the molecule is CC(CN)CC(=O)N(CCCO)C(C)C. The normalized spacial score (nSPS) is 12.9. The van der Waals surface area contributed by atoms with Gasteiger partial charge in [-0.25, -0.2) is 0 Å². The van der Waals surface area contributed by atoms with Crippen molar-refractivity contribution in [3.05, 3.63) is 0 Å². The molecule has 1 amide bonds. The molecule has 0 radical (unpaired) electrons. The van der Waals surface area contributed by atoms with E-state index in [9.17, 15) is 4.79 Å². The lowest BCUT2D eigenvalue weighted by atomic mass is 10.1. The maximum Gasteiger partial charge on any atom is 0.223 e. The highest BCUT2D eigenvalue weighted by Gasteiger charge is 2.17. The zero-order valence-electron chi connectivity index (χ0n) is 10.1. The lowest BCUT2D eigenvalue weighted by molar-refractivity contribution is -0.133. The Morgan fingerprint density at radius 1 is 1.40 bits per heavy atom. The molecular weight excluding hydrogens is 192 g/mol. The quantitative estimate of drug-likeness (QED) is 0.654. The Morgan fingerprint density at radius 2 is 2.00 bits per heavy atom. The molecule has 0 bridgehead atoms. The molecule has 0 saturated carbocycles. The van der Waals surface area contributed by atoms with Crippen LogP contribution in [0.1, 0.15) is 33.6 Å². The third-order valence-corrected chi connectivity index (χ3v) is 2.43. The summed E-state index contributed by atoms with van der Waals surface area (Å²) < 4.78 is 0. The second kappa shape index (κ2) is 7.65. The maximum absolute atomic E-state index is 11.8. The molecule has 0 aromatic rings. The largest absolute Gasteiger partial charge is 0.396 e. The zero-order valence-corrected chi connectivity index (χ0v) is 10.1. The highest BCUT2D eigenvalue weighted by molar-refractivity contribution is 5.76. The van der Waals surface area contributed by atoms with Gasteiger partial charge in [0.15, 0.2) is 0 Å².